The van der Waals surface area contributed by atoms with Crippen molar-refractivity contribution >= 4 is 17.7 Å². The summed E-state index contributed by atoms with van der Waals surface area (Å²) >= 11 is 1.69. The van der Waals surface area contributed by atoms with Crippen molar-refractivity contribution in [1.29, 1.82) is 0 Å². The third kappa shape index (κ3) is 3.53. The van der Waals surface area contributed by atoms with Crippen LogP contribution in [0.1, 0.15) is 15.9 Å². The molecule has 0 bridgehead atoms. The van der Waals surface area contributed by atoms with E-state index in [2.05, 4.69) is 5.43 Å². The Bertz CT molecular complexity index is 588. The van der Waals surface area contributed by atoms with Gasteiger partial charge < -0.3 is 4.74 Å². The number of thioether (sulfide) groups is 1. The maximum Gasteiger partial charge on any atom is 0.265 e. The Morgan fingerprint density at radius 3 is 2.65 bits per heavy atom. The molecular weight excluding hydrogens is 272 g/mol. The van der Waals surface area contributed by atoms with Crippen LogP contribution in [0.2, 0.25) is 0 Å². The van der Waals surface area contributed by atoms with E-state index in [9.17, 15) is 4.79 Å². The van der Waals surface area contributed by atoms with Gasteiger partial charge in [0.05, 0.1) is 7.11 Å². The highest BCUT2D eigenvalue weighted by Gasteiger charge is 2.09. The zero-order valence-electron chi connectivity index (χ0n) is 11.1. The lowest BCUT2D eigenvalue weighted by atomic mass is 10.1. The smallest absolute Gasteiger partial charge is 0.265 e. The minimum Gasteiger partial charge on any atom is -0.496 e. The summed E-state index contributed by atoms with van der Waals surface area (Å²) < 4.78 is 5.33. The lowest BCUT2D eigenvalue weighted by Crippen LogP contribution is -2.30. The fourth-order valence-corrected chi connectivity index (χ4v) is 2.69. The minimum atomic E-state index is -0.307. The molecule has 2 aromatic carbocycles. The molecule has 0 spiro atoms. The predicted octanol–water partition coefficient (Wildman–Crippen LogP) is 2.59. The van der Waals surface area contributed by atoms with Gasteiger partial charge in [-0.2, -0.15) is 0 Å². The number of carbonyl (C=O) groups excluding carboxylic acids is 1. The zero-order valence-corrected chi connectivity index (χ0v) is 11.9. The van der Waals surface area contributed by atoms with E-state index in [4.69, 9.17) is 10.6 Å². The van der Waals surface area contributed by atoms with Gasteiger partial charge in [0.2, 0.25) is 0 Å². The molecule has 0 aliphatic carbocycles. The molecule has 5 heteroatoms. The van der Waals surface area contributed by atoms with Crippen LogP contribution in [0, 0.1) is 0 Å². The maximum atomic E-state index is 11.6. The largest absolute Gasteiger partial charge is 0.496 e. The van der Waals surface area contributed by atoms with Crippen LogP contribution in [0.25, 0.3) is 0 Å². The first-order chi connectivity index (χ1) is 9.74. The zero-order chi connectivity index (χ0) is 14.4. The third-order valence-corrected chi connectivity index (χ3v) is 3.87. The molecule has 0 unspecified atom stereocenters. The molecule has 0 saturated carbocycles. The molecule has 20 heavy (non-hydrogen) atoms. The van der Waals surface area contributed by atoms with Crippen LogP contribution >= 0.6 is 11.8 Å². The molecule has 104 valence electrons. The Balaban J connectivity index is 2.18. The number of benzene rings is 2. The Morgan fingerprint density at radius 2 is 2.00 bits per heavy atom. The number of nitrogen functional groups attached to an aromatic ring is 1. The van der Waals surface area contributed by atoms with Crippen LogP contribution in [0.15, 0.2) is 53.4 Å². The number of hydrogen-bond acceptors (Lipinski definition) is 4. The Labute approximate surface area is 122 Å². The number of methoxy groups -OCH3 is 1. The summed E-state index contributed by atoms with van der Waals surface area (Å²) in [5, 5.41) is 0. The van der Waals surface area contributed by atoms with Crippen LogP contribution in [0.3, 0.4) is 0 Å². The van der Waals surface area contributed by atoms with Gasteiger partial charge in [-0.05, 0) is 30.3 Å². The van der Waals surface area contributed by atoms with E-state index in [1.807, 2.05) is 30.3 Å². The molecule has 3 N–H and O–H groups in total. The topological polar surface area (TPSA) is 64.3 Å². The van der Waals surface area contributed by atoms with Crippen LogP contribution in [0.4, 0.5) is 0 Å². The SMILES string of the molecule is COc1ccc(C(=O)NN)cc1CSc1ccccc1. The van der Waals surface area contributed by atoms with Gasteiger partial charge in [0.25, 0.3) is 5.91 Å². The number of ether oxygens (including phenoxy) is 1. The van der Waals surface area contributed by atoms with Gasteiger partial charge in [0, 0.05) is 21.8 Å². The highest BCUT2D eigenvalue weighted by atomic mass is 32.2. The molecule has 0 radical (unpaired) electrons. The van der Waals surface area contributed by atoms with Gasteiger partial charge in [-0.15, -0.1) is 11.8 Å². The quantitative estimate of drug-likeness (QED) is 0.384. The Kier molecular flexibility index (Phi) is 5.03. The second-order valence-electron chi connectivity index (χ2n) is 4.10. The van der Waals surface area contributed by atoms with Crippen molar-refractivity contribution in [3.05, 3.63) is 59.7 Å². The van der Waals surface area contributed by atoms with Gasteiger partial charge in [-0.25, -0.2) is 5.84 Å². The van der Waals surface area contributed by atoms with E-state index in [0.717, 1.165) is 17.1 Å². The standard InChI is InChI=1S/C15H16N2O2S/c1-19-14-8-7-11(15(18)17-16)9-12(14)10-20-13-5-3-2-4-6-13/h2-9H,10,16H2,1H3,(H,17,18). The second-order valence-corrected chi connectivity index (χ2v) is 5.15. The normalized spacial score (nSPS) is 10.1. The molecule has 0 aromatic heterocycles. The molecular formula is C15H16N2O2S. The Hall–Kier alpha value is -1.98. The molecule has 1 amide bonds. The number of nitrogens with two attached hydrogens (primary N) is 1. The van der Waals surface area contributed by atoms with Crippen molar-refractivity contribution < 1.29 is 9.53 Å². The first-order valence-electron chi connectivity index (χ1n) is 6.10. The molecule has 4 nitrogen and oxygen atoms in total. The average Bonchev–Trinajstić information content (AvgIpc) is 2.52. The highest BCUT2D eigenvalue weighted by molar-refractivity contribution is 7.98. The summed E-state index contributed by atoms with van der Waals surface area (Å²) in [5.41, 5.74) is 3.62. The van der Waals surface area contributed by atoms with Crippen molar-refractivity contribution in [1.82, 2.24) is 5.43 Å². The molecule has 2 aromatic rings. The van der Waals surface area contributed by atoms with Gasteiger partial charge >= 0.3 is 0 Å². The second kappa shape index (κ2) is 6.98. The van der Waals surface area contributed by atoms with Crippen molar-refractivity contribution in [2.45, 2.75) is 10.6 Å². The number of amides is 1. The van der Waals surface area contributed by atoms with Crippen LogP contribution < -0.4 is 16.0 Å². The molecule has 0 aliphatic heterocycles. The number of nitrogens with one attached hydrogen (secondary N) is 1. The number of rotatable bonds is 5. The van der Waals surface area contributed by atoms with Crippen molar-refractivity contribution in [3.63, 3.8) is 0 Å². The van der Waals surface area contributed by atoms with Gasteiger partial charge in [-0.3, -0.25) is 10.2 Å². The minimum absolute atomic E-state index is 0.307. The first kappa shape index (κ1) is 14.4. The van der Waals surface area contributed by atoms with Crippen molar-refractivity contribution in [2.75, 3.05) is 7.11 Å². The molecule has 0 aliphatic rings. The van der Waals surface area contributed by atoms with E-state index in [0.29, 0.717) is 5.56 Å². The number of hydrogen-bond donors (Lipinski definition) is 2. The average molecular weight is 288 g/mol. The van der Waals surface area contributed by atoms with Crippen LogP contribution in [-0.4, -0.2) is 13.0 Å². The monoisotopic (exact) mass is 288 g/mol. The van der Waals surface area contributed by atoms with E-state index in [1.165, 1.54) is 4.90 Å². The van der Waals surface area contributed by atoms with Crippen molar-refractivity contribution in [3.8, 4) is 5.75 Å². The lowest BCUT2D eigenvalue weighted by Gasteiger charge is -2.10. The van der Waals surface area contributed by atoms with Crippen molar-refractivity contribution in [2.24, 2.45) is 5.84 Å². The number of hydrazine groups is 1. The van der Waals surface area contributed by atoms with E-state index < -0.39 is 0 Å². The highest BCUT2D eigenvalue weighted by Crippen LogP contribution is 2.28. The summed E-state index contributed by atoms with van der Waals surface area (Å²) in [7, 11) is 1.62. The predicted molar refractivity (Wildman–Crippen MR) is 80.7 cm³/mol. The first-order valence-corrected chi connectivity index (χ1v) is 7.09. The summed E-state index contributed by atoms with van der Waals surface area (Å²) in [6.45, 7) is 0. The molecule has 0 heterocycles. The molecule has 0 fully saturated rings. The maximum absolute atomic E-state index is 11.6. The summed E-state index contributed by atoms with van der Waals surface area (Å²) in [6, 6.07) is 15.4. The number of carbonyl (C=O) groups is 1. The fourth-order valence-electron chi connectivity index (χ4n) is 1.79. The molecule has 0 atom stereocenters. The third-order valence-electron chi connectivity index (χ3n) is 2.81. The van der Waals surface area contributed by atoms with Crippen LogP contribution in [0.5, 0.6) is 5.75 Å². The Morgan fingerprint density at radius 1 is 1.25 bits per heavy atom. The van der Waals surface area contributed by atoms with E-state index >= 15 is 0 Å². The summed E-state index contributed by atoms with van der Waals surface area (Å²) in [4.78, 5) is 12.7. The molecule has 2 rings (SSSR count). The van der Waals surface area contributed by atoms with Gasteiger partial charge in [0.15, 0.2) is 0 Å². The fraction of sp³-hybridized carbons (Fsp3) is 0.133. The summed E-state index contributed by atoms with van der Waals surface area (Å²) in [5.74, 6) is 6.33. The van der Waals surface area contributed by atoms with Gasteiger partial charge in [0.1, 0.15) is 5.75 Å². The molecule has 0 saturated heterocycles. The van der Waals surface area contributed by atoms with Crippen LogP contribution in [-0.2, 0) is 5.75 Å². The van der Waals surface area contributed by atoms with Gasteiger partial charge in [-0.1, -0.05) is 18.2 Å². The van der Waals surface area contributed by atoms with E-state index in [-0.39, 0.29) is 5.91 Å². The lowest BCUT2D eigenvalue weighted by molar-refractivity contribution is 0.0953. The van der Waals surface area contributed by atoms with E-state index in [1.54, 1.807) is 37.1 Å². The summed E-state index contributed by atoms with van der Waals surface area (Å²) in [6.07, 6.45) is 0.